The van der Waals surface area contributed by atoms with Crippen LogP contribution in [0.2, 0.25) is 0 Å². The van der Waals surface area contributed by atoms with Crippen molar-refractivity contribution in [3.63, 3.8) is 0 Å². The van der Waals surface area contributed by atoms with Crippen LogP contribution in [0.25, 0.3) is 0 Å². The molecule has 1 aliphatic rings. The lowest BCUT2D eigenvalue weighted by molar-refractivity contribution is -0.119. The highest BCUT2D eigenvalue weighted by Gasteiger charge is 2.22. The second-order valence-corrected chi connectivity index (χ2v) is 6.34. The van der Waals surface area contributed by atoms with E-state index < -0.39 is 5.91 Å². The fourth-order valence-corrected chi connectivity index (χ4v) is 3.01. The van der Waals surface area contributed by atoms with Crippen molar-refractivity contribution in [3.05, 3.63) is 65.7 Å². The van der Waals surface area contributed by atoms with Crippen LogP contribution in [0.1, 0.15) is 15.9 Å². The summed E-state index contributed by atoms with van der Waals surface area (Å²) in [5, 5.41) is 0. The maximum Gasteiger partial charge on any atom is 0.255 e. The van der Waals surface area contributed by atoms with Crippen molar-refractivity contribution in [3.8, 4) is 5.75 Å². The number of piperazine rings is 1. The molecule has 6 nitrogen and oxygen atoms in total. The quantitative estimate of drug-likeness (QED) is 0.854. The average Bonchev–Trinajstić information content (AvgIpc) is 2.67. The Morgan fingerprint density at radius 1 is 0.962 bits per heavy atom. The molecule has 1 heterocycles. The number of benzene rings is 2. The summed E-state index contributed by atoms with van der Waals surface area (Å²) in [4.78, 5) is 27.7. The van der Waals surface area contributed by atoms with Crippen molar-refractivity contribution in [2.45, 2.75) is 6.54 Å². The zero-order valence-corrected chi connectivity index (χ0v) is 14.6. The lowest BCUT2D eigenvalue weighted by Crippen LogP contribution is -2.48. The van der Waals surface area contributed by atoms with E-state index in [2.05, 4.69) is 17.0 Å². The van der Waals surface area contributed by atoms with Crippen LogP contribution >= 0.6 is 0 Å². The van der Waals surface area contributed by atoms with E-state index in [0.29, 0.717) is 24.4 Å². The normalized spacial score (nSPS) is 14.8. The minimum absolute atomic E-state index is 0.0195. The molecule has 0 aliphatic carbocycles. The Morgan fingerprint density at radius 3 is 2.38 bits per heavy atom. The summed E-state index contributed by atoms with van der Waals surface area (Å²) in [6, 6.07) is 17.2. The van der Waals surface area contributed by atoms with Gasteiger partial charge in [0, 0.05) is 38.3 Å². The van der Waals surface area contributed by atoms with Crippen LogP contribution in [0.3, 0.4) is 0 Å². The molecule has 0 radical (unpaired) electrons. The first-order valence-electron chi connectivity index (χ1n) is 8.68. The second-order valence-electron chi connectivity index (χ2n) is 6.34. The molecule has 0 aromatic heterocycles. The zero-order valence-electron chi connectivity index (χ0n) is 14.6. The first-order valence-corrected chi connectivity index (χ1v) is 8.68. The number of nitrogens with two attached hydrogens (primary N) is 1. The highest BCUT2D eigenvalue weighted by Crippen LogP contribution is 2.16. The summed E-state index contributed by atoms with van der Waals surface area (Å²) >= 11 is 0. The fraction of sp³-hybridized carbons (Fsp3) is 0.300. The Morgan fingerprint density at radius 2 is 1.69 bits per heavy atom. The Labute approximate surface area is 153 Å². The number of rotatable bonds is 6. The smallest absolute Gasteiger partial charge is 0.255 e. The third-order valence-electron chi connectivity index (χ3n) is 4.37. The van der Waals surface area contributed by atoms with Crippen LogP contribution in [0, 0.1) is 0 Å². The molecular formula is C20H23N3O3. The summed E-state index contributed by atoms with van der Waals surface area (Å²) in [6.45, 7) is 3.78. The zero-order chi connectivity index (χ0) is 18.4. The molecule has 2 amide bonds. The van der Waals surface area contributed by atoms with E-state index >= 15 is 0 Å². The van der Waals surface area contributed by atoms with Crippen LogP contribution in [0.15, 0.2) is 54.6 Å². The average molecular weight is 353 g/mol. The Balaban J connectivity index is 1.55. The van der Waals surface area contributed by atoms with Gasteiger partial charge >= 0.3 is 0 Å². The first kappa shape index (κ1) is 17.9. The van der Waals surface area contributed by atoms with Gasteiger partial charge in [0.1, 0.15) is 5.75 Å². The third-order valence-corrected chi connectivity index (χ3v) is 4.37. The number of primary amides is 1. The maximum atomic E-state index is 12.7. The van der Waals surface area contributed by atoms with Crippen LogP contribution in [-0.2, 0) is 11.3 Å². The van der Waals surface area contributed by atoms with Crippen molar-refractivity contribution in [2.75, 3.05) is 32.8 Å². The molecule has 136 valence electrons. The van der Waals surface area contributed by atoms with Crippen LogP contribution in [0.4, 0.5) is 0 Å². The summed E-state index contributed by atoms with van der Waals surface area (Å²) in [7, 11) is 0. The molecular weight excluding hydrogens is 330 g/mol. The number of hydrogen-bond donors (Lipinski definition) is 1. The highest BCUT2D eigenvalue weighted by molar-refractivity contribution is 5.94. The molecule has 26 heavy (non-hydrogen) atoms. The molecule has 2 aromatic carbocycles. The van der Waals surface area contributed by atoms with Gasteiger partial charge in [0.15, 0.2) is 6.61 Å². The molecule has 1 fully saturated rings. The summed E-state index contributed by atoms with van der Waals surface area (Å²) in [6.07, 6.45) is 0. The number of ether oxygens (including phenoxy) is 1. The standard InChI is InChI=1S/C20H23N3O3/c21-19(24)15-26-18-8-4-7-17(13-18)20(25)23-11-9-22(10-12-23)14-16-5-2-1-3-6-16/h1-8,13H,9-12,14-15H2,(H2,21,24). The number of carbonyl (C=O) groups excluding carboxylic acids is 2. The van der Waals surface area contributed by atoms with Gasteiger partial charge in [-0.05, 0) is 23.8 Å². The second kappa shape index (κ2) is 8.49. The predicted octanol–water partition coefficient (Wildman–Crippen LogP) is 1.51. The number of nitrogens with zero attached hydrogens (tertiary/aromatic N) is 2. The Bertz CT molecular complexity index is 756. The summed E-state index contributed by atoms with van der Waals surface area (Å²) in [5.74, 6) is -0.0949. The lowest BCUT2D eigenvalue weighted by atomic mass is 10.1. The van der Waals surface area contributed by atoms with E-state index in [0.717, 1.165) is 19.6 Å². The molecule has 0 spiro atoms. The number of amides is 2. The topological polar surface area (TPSA) is 75.9 Å². The van der Waals surface area contributed by atoms with E-state index in [1.165, 1.54) is 5.56 Å². The van der Waals surface area contributed by atoms with Gasteiger partial charge in [-0.25, -0.2) is 0 Å². The predicted molar refractivity (Wildman–Crippen MR) is 98.8 cm³/mol. The van der Waals surface area contributed by atoms with Crippen LogP contribution in [0.5, 0.6) is 5.75 Å². The van der Waals surface area contributed by atoms with Gasteiger partial charge in [-0.15, -0.1) is 0 Å². The fourth-order valence-electron chi connectivity index (χ4n) is 3.01. The van der Waals surface area contributed by atoms with Crippen molar-refractivity contribution < 1.29 is 14.3 Å². The van der Waals surface area contributed by atoms with Gasteiger partial charge in [0.05, 0.1) is 0 Å². The molecule has 2 aromatic rings. The van der Waals surface area contributed by atoms with Crippen molar-refractivity contribution >= 4 is 11.8 Å². The molecule has 0 bridgehead atoms. The van der Waals surface area contributed by atoms with Gasteiger partial charge in [-0.3, -0.25) is 14.5 Å². The van der Waals surface area contributed by atoms with Crippen molar-refractivity contribution in [2.24, 2.45) is 5.73 Å². The van der Waals surface area contributed by atoms with Gasteiger partial charge < -0.3 is 15.4 Å². The van der Waals surface area contributed by atoms with E-state index in [9.17, 15) is 9.59 Å². The molecule has 1 saturated heterocycles. The van der Waals surface area contributed by atoms with Gasteiger partial charge in [0.25, 0.3) is 11.8 Å². The first-order chi connectivity index (χ1) is 12.6. The number of carbonyl (C=O) groups is 2. The van der Waals surface area contributed by atoms with E-state index in [1.807, 2.05) is 23.1 Å². The van der Waals surface area contributed by atoms with Crippen molar-refractivity contribution in [1.82, 2.24) is 9.80 Å². The lowest BCUT2D eigenvalue weighted by Gasteiger charge is -2.34. The van der Waals surface area contributed by atoms with Gasteiger partial charge in [0.2, 0.25) is 0 Å². The van der Waals surface area contributed by atoms with E-state index in [1.54, 1.807) is 24.3 Å². The SMILES string of the molecule is NC(=O)COc1cccc(C(=O)N2CCN(Cc3ccccc3)CC2)c1. The molecule has 6 heteroatoms. The highest BCUT2D eigenvalue weighted by atomic mass is 16.5. The minimum Gasteiger partial charge on any atom is -0.484 e. The Kier molecular flexibility index (Phi) is 5.86. The Hall–Kier alpha value is -2.86. The van der Waals surface area contributed by atoms with E-state index in [-0.39, 0.29) is 12.5 Å². The van der Waals surface area contributed by atoms with Gasteiger partial charge in [-0.1, -0.05) is 36.4 Å². The van der Waals surface area contributed by atoms with Gasteiger partial charge in [-0.2, -0.15) is 0 Å². The summed E-state index contributed by atoms with van der Waals surface area (Å²) in [5.41, 5.74) is 6.92. The van der Waals surface area contributed by atoms with Crippen molar-refractivity contribution in [1.29, 1.82) is 0 Å². The molecule has 1 aliphatic heterocycles. The molecule has 2 N–H and O–H groups in total. The molecule has 0 atom stereocenters. The third kappa shape index (κ3) is 4.83. The van der Waals surface area contributed by atoms with E-state index in [4.69, 9.17) is 10.5 Å². The molecule has 0 unspecified atom stereocenters. The monoisotopic (exact) mass is 353 g/mol. The van der Waals surface area contributed by atoms with Crippen LogP contribution < -0.4 is 10.5 Å². The largest absolute Gasteiger partial charge is 0.484 e. The molecule has 3 rings (SSSR count). The summed E-state index contributed by atoms with van der Waals surface area (Å²) < 4.78 is 5.28. The number of hydrogen-bond acceptors (Lipinski definition) is 4. The maximum absolute atomic E-state index is 12.7. The van der Waals surface area contributed by atoms with Crippen LogP contribution in [-0.4, -0.2) is 54.4 Å². The molecule has 0 saturated carbocycles. The minimum atomic E-state index is -0.545.